The Balaban J connectivity index is 3.21. The van der Waals surface area contributed by atoms with Crippen LogP contribution in [0.5, 0.6) is 0 Å². The second-order valence-electron chi connectivity index (χ2n) is 2.59. The minimum atomic E-state index is -1.02. The molecule has 0 fully saturated rings. The van der Waals surface area contributed by atoms with E-state index in [1.54, 1.807) is 30.4 Å². The summed E-state index contributed by atoms with van der Waals surface area (Å²) in [4.78, 5) is 10.9. The molecule has 0 saturated heterocycles. The summed E-state index contributed by atoms with van der Waals surface area (Å²) in [6, 6.07) is 4.98. The van der Waals surface area contributed by atoms with Crippen molar-refractivity contribution in [1.82, 2.24) is 0 Å². The minimum Gasteiger partial charge on any atom is -0.478 e. The largest absolute Gasteiger partial charge is 0.478 e. The Bertz CT molecular complexity index is 374. The van der Waals surface area contributed by atoms with E-state index in [-0.39, 0.29) is 10.6 Å². The maximum Gasteiger partial charge on any atom is 0.337 e. The summed E-state index contributed by atoms with van der Waals surface area (Å²) in [6.45, 7) is 0. The van der Waals surface area contributed by atoms with Gasteiger partial charge >= 0.3 is 5.97 Å². The van der Waals surface area contributed by atoms with Crippen molar-refractivity contribution in [1.29, 1.82) is 0 Å². The van der Waals surface area contributed by atoms with E-state index in [1.807, 2.05) is 0 Å². The first-order valence-electron chi connectivity index (χ1n) is 3.96. The molecule has 74 valence electrons. The lowest BCUT2D eigenvalue weighted by atomic mass is 10.1. The molecule has 0 spiro atoms. The fourth-order valence-electron chi connectivity index (χ4n) is 1.09. The zero-order chi connectivity index (χ0) is 10.6. The molecule has 0 aromatic heterocycles. The average Bonchev–Trinajstić information content (AvgIpc) is 2.14. The summed E-state index contributed by atoms with van der Waals surface area (Å²) in [7, 11) is 0. The fraction of sp³-hybridized carbons (Fsp3) is 0.100. The Morgan fingerprint density at radius 2 is 2.29 bits per heavy atom. The number of carbonyl (C=O) groups is 1. The van der Waals surface area contributed by atoms with Crippen molar-refractivity contribution < 1.29 is 9.90 Å². The van der Waals surface area contributed by atoms with Crippen molar-refractivity contribution in [3.05, 3.63) is 40.4 Å². The average molecular weight is 229 g/mol. The van der Waals surface area contributed by atoms with Crippen LogP contribution in [0.1, 0.15) is 15.9 Å². The lowest BCUT2D eigenvalue weighted by molar-refractivity contribution is 0.0697. The smallest absolute Gasteiger partial charge is 0.337 e. The number of benzene rings is 1. The highest BCUT2D eigenvalue weighted by atomic mass is 35.5. The van der Waals surface area contributed by atoms with E-state index >= 15 is 0 Å². The molecule has 4 heteroatoms. The molecule has 0 radical (unpaired) electrons. The van der Waals surface area contributed by atoms with Gasteiger partial charge in [-0.2, -0.15) is 12.6 Å². The molecule has 0 unspecified atom stereocenters. The predicted molar refractivity (Wildman–Crippen MR) is 61.3 cm³/mol. The van der Waals surface area contributed by atoms with Gasteiger partial charge in [-0.25, -0.2) is 4.79 Å². The number of thiol groups is 1. The molecular formula is C10H9ClO2S. The highest BCUT2D eigenvalue weighted by molar-refractivity contribution is 7.80. The summed E-state index contributed by atoms with van der Waals surface area (Å²) in [6.07, 6.45) is 3.46. The fourth-order valence-corrected chi connectivity index (χ4v) is 1.45. The van der Waals surface area contributed by atoms with Crippen LogP contribution >= 0.6 is 24.2 Å². The van der Waals surface area contributed by atoms with Crippen LogP contribution in [0.3, 0.4) is 0 Å². The standard InChI is InChI=1S/C10H9ClO2S/c11-8-5-1-3-7(4-2-6-14)9(8)10(12)13/h1-5,14H,6H2,(H,12,13). The van der Waals surface area contributed by atoms with E-state index in [0.717, 1.165) is 0 Å². The maximum atomic E-state index is 10.9. The number of halogens is 1. The lowest BCUT2D eigenvalue weighted by Crippen LogP contribution is -2.00. The molecule has 1 aromatic carbocycles. The molecule has 0 atom stereocenters. The Morgan fingerprint density at radius 1 is 1.57 bits per heavy atom. The molecule has 1 aromatic rings. The van der Waals surface area contributed by atoms with Crippen molar-refractivity contribution in [3.63, 3.8) is 0 Å². The van der Waals surface area contributed by atoms with E-state index in [4.69, 9.17) is 16.7 Å². The predicted octanol–water partition coefficient (Wildman–Crippen LogP) is 2.98. The molecule has 0 bridgehead atoms. The quantitative estimate of drug-likeness (QED) is 0.781. The molecule has 0 aliphatic rings. The van der Waals surface area contributed by atoms with Gasteiger partial charge in [0, 0.05) is 5.75 Å². The van der Waals surface area contributed by atoms with Crippen LogP contribution in [0, 0.1) is 0 Å². The first kappa shape index (κ1) is 11.1. The maximum absolute atomic E-state index is 10.9. The third-order valence-corrected chi connectivity index (χ3v) is 2.19. The van der Waals surface area contributed by atoms with E-state index < -0.39 is 5.97 Å². The van der Waals surface area contributed by atoms with Crippen LogP contribution in [0.4, 0.5) is 0 Å². The summed E-state index contributed by atoms with van der Waals surface area (Å²) >= 11 is 9.77. The van der Waals surface area contributed by atoms with Gasteiger partial charge in [0.05, 0.1) is 10.6 Å². The van der Waals surface area contributed by atoms with Gasteiger partial charge in [-0.05, 0) is 11.6 Å². The van der Waals surface area contributed by atoms with Crippen molar-refractivity contribution in [2.45, 2.75) is 0 Å². The van der Waals surface area contributed by atoms with Crippen LogP contribution in [0.25, 0.3) is 6.08 Å². The van der Waals surface area contributed by atoms with Crippen LogP contribution in [-0.4, -0.2) is 16.8 Å². The second-order valence-corrected chi connectivity index (χ2v) is 3.37. The minimum absolute atomic E-state index is 0.132. The molecule has 14 heavy (non-hydrogen) atoms. The summed E-state index contributed by atoms with van der Waals surface area (Å²) in [5, 5.41) is 9.16. The van der Waals surface area contributed by atoms with Gasteiger partial charge in [-0.15, -0.1) is 0 Å². The second kappa shape index (κ2) is 5.08. The van der Waals surface area contributed by atoms with Gasteiger partial charge in [0.1, 0.15) is 0 Å². The number of aromatic carboxylic acids is 1. The van der Waals surface area contributed by atoms with E-state index in [1.165, 1.54) is 0 Å². The highest BCUT2D eigenvalue weighted by Gasteiger charge is 2.11. The van der Waals surface area contributed by atoms with Crippen LogP contribution in [0.2, 0.25) is 5.02 Å². The first-order chi connectivity index (χ1) is 6.66. The van der Waals surface area contributed by atoms with Gasteiger partial charge in [0.2, 0.25) is 0 Å². The zero-order valence-electron chi connectivity index (χ0n) is 7.27. The third-order valence-electron chi connectivity index (χ3n) is 1.66. The number of hydrogen-bond donors (Lipinski definition) is 2. The zero-order valence-corrected chi connectivity index (χ0v) is 8.92. The molecule has 0 amide bonds. The first-order valence-corrected chi connectivity index (χ1v) is 4.97. The van der Waals surface area contributed by atoms with Gasteiger partial charge in [-0.1, -0.05) is 35.9 Å². The third kappa shape index (κ3) is 2.53. The number of carboxylic acids is 1. The molecule has 0 aliphatic carbocycles. The Kier molecular flexibility index (Phi) is 4.04. The van der Waals surface area contributed by atoms with E-state index in [9.17, 15) is 4.79 Å². The number of carboxylic acid groups (broad SMARTS) is 1. The summed E-state index contributed by atoms with van der Waals surface area (Å²) < 4.78 is 0. The van der Waals surface area contributed by atoms with Crippen molar-refractivity contribution >= 4 is 36.3 Å². The van der Waals surface area contributed by atoms with Gasteiger partial charge in [0.25, 0.3) is 0 Å². The topological polar surface area (TPSA) is 37.3 Å². The molecule has 1 rings (SSSR count). The highest BCUT2D eigenvalue weighted by Crippen LogP contribution is 2.21. The van der Waals surface area contributed by atoms with Gasteiger partial charge < -0.3 is 5.11 Å². The Labute approximate surface area is 92.6 Å². The number of hydrogen-bond acceptors (Lipinski definition) is 2. The summed E-state index contributed by atoms with van der Waals surface area (Å²) in [5.41, 5.74) is 0.728. The Hall–Kier alpha value is -0.930. The molecule has 0 heterocycles. The molecule has 0 aliphatic heterocycles. The molecular weight excluding hydrogens is 220 g/mol. The summed E-state index contributed by atoms with van der Waals surface area (Å²) in [5.74, 6) is -0.458. The molecule has 2 nitrogen and oxygen atoms in total. The van der Waals surface area contributed by atoms with Gasteiger partial charge in [-0.3, -0.25) is 0 Å². The monoisotopic (exact) mass is 228 g/mol. The van der Waals surface area contributed by atoms with E-state index in [0.29, 0.717) is 11.3 Å². The van der Waals surface area contributed by atoms with Crippen LogP contribution in [0.15, 0.2) is 24.3 Å². The number of rotatable bonds is 3. The normalized spacial score (nSPS) is 10.7. The van der Waals surface area contributed by atoms with E-state index in [2.05, 4.69) is 12.6 Å². The van der Waals surface area contributed by atoms with Crippen LogP contribution in [-0.2, 0) is 0 Å². The van der Waals surface area contributed by atoms with Crippen molar-refractivity contribution in [2.24, 2.45) is 0 Å². The molecule has 1 N–H and O–H groups in total. The van der Waals surface area contributed by atoms with Crippen molar-refractivity contribution in [3.8, 4) is 0 Å². The molecule has 0 saturated carbocycles. The SMILES string of the molecule is O=C(O)c1c(Cl)cccc1C=CCS. The van der Waals surface area contributed by atoms with Crippen LogP contribution < -0.4 is 0 Å². The Morgan fingerprint density at radius 3 is 2.86 bits per heavy atom. The van der Waals surface area contributed by atoms with Crippen molar-refractivity contribution in [2.75, 3.05) is 5.75 Å². The lowest BCUT2D eigenvalue weighted by Gasteiger charge is -2.02. The van der Waals surface area contributed by atoms with Gasteiger partial charge in [0.15, 0.2) is 0 Å².